The third-order valence-corrected chi connectivity index (χ3v) is 3.99. The Morgan fingerprint density at radius 1 is 1.45 bits per heavy atom. The third-order valence-electron chi connectivity index (χ3n) is 3.70. The summed E-state index contributed by atoms with van der Waals surface area (Å²) in [5.74, 6) is -0.962. The topological polar surface area (TPSA) is 66.8 Å². The van der Waals surface area contributed by atoms with E-state index in [1.54, 1.807) is 23.1 Å². The van der Waals surface area contributed by atoms with Gasteiger partial charge in [0.1, 0.15) is 5.75 Å². The summed E-state index contributed by atoms with van der Waals surface area (Å²) in [5, 5.41) is 9.49. The molecular weight excluding hydrogens is 306 g/mol. The fourth-order valence-corrected chi connectivity index (χ4v) is 2.74. The Balaban J connectivity index is 2.09. The van der Waals surface area contributed by atoms with Crippen LogP contribution in [0.15, 0.2) is 18.2 Å². The predicted octanol–water partition coefficient (Wildman–Crippen LogP) is 3.07. The van der Waals surface area contributed by atoms with Gasteiger partial charge in [0, 0.05) is 18.7 Å². The number of benzene rings is 1. The van der Waals surface area contributed by atoms with Gasteiger partial charge in [0.25, 0.3) is 5.91 Å². The number of carbonyl (C=O) groups excluding carboxylic acids is 1. The van der Waals surface area contributed by atoms with Crippen LogP contribution in [0.25, 0.3) is 0 Å². The van der Waals surface area contributed by atoms with E-state index >= 15 is 0 Å². The molecule has 2 rings (SSSR count). The highest BCUT2D eigenvalue weighted by atomic mass is 35.5. The molecule has 1 aromatic rings. The summed E-state index contributed by atoms with van der Waals surface area (Å²) in [7, 11) is 0. The van der Waals surface area contributed by atoms with E-state index in [1.807, 2.05) is 6.92 Å². The van der Waals surface area contributed by atoms with E-state index in [0.29, 0.717) is 42.3 Å². The number of carbonyl (C=O) groups is 2. The number of halogens is 1. The van der Waals surface area contributed by atoms with Crippen LogP contribution < -0.4 is 4.74 Å². The number of nitrogens with zero attached hydrogens (tertiary/aromatic N) is 1. The lowest BCUT2D eigenvalue weighted by molar-refractivity contribution is -0.143. The van der Waals surface area contributed by atoms with Gasteiger partial charge >= 0.3 is 5.97 Å². The highest BCUT2D eigenvalue weighted by molar-refractivity contribution is 6.32. The van der Waals surface area contributed by atoms with Gasteiger partial charge < -0.3 is 14.7 Å². The molecule has 6 heteroatoms. The number of rotatable bonds is 5. The average Bonchev–Trinajstić information content (AvgIpc) is 2.53. The van der Waals surface area contributed by atoms with Gasteiger partial charge in [-0.05, 0) is 37.5 Å². The molecule has 22 heavy (non-hydrogen) atoms. The number of hydrogen-bond acceptors (Lipinski definition) is 3. The van der Waals surface area contributed by atoms with Crippen molar-refractivity contribution >= 4 is 23.5 Å². The predicted molar refractivity (Wildman–Crippen MR) is 83.5 cm³/mol. The van der Waals surface area contributed by atoms with Crippen molar-refractivity contribution in [1.29, 1.82) is 0 Å². The highest BCUT2D eigenvalue weighted by Crippen LogP contribution is 2.27. The molecule has 1 amide bonds. The van der Waals surface area contributed by atoms with Crippen LogP contribution in [0.2, 0.25) is 5.02 Å². The molecular formula is C16H20ClNO4. The van der Waals surface area contributed by atoms with Gasteiger partial charge in [-0.15, -0.1) is 0 Å². The Bertz CT molecular complexity index is 561. The van der Waals surface area contributed by atoms with Crippen molar-refractivity contribution < 1.29 is 19.4 Å². The first-order chi connectivity index (χ1) is 10.5. The molecule has 1 atom stereocenters. The average molecular weight is 326 g/mol. The van der Waals surface area contributed by atoms with Crippen molar-refractivity contribution in [1.82, 2.24) is 4.90 Å². The molecule has 1 aromatic carbocycles. The summed E-state index contributed by atoms with van der Waals surface area (Å²) < 4.78 is 5.48. The minimum Gasteiger partial charge on any atom is -0.492 e. The van der Waals surface area contributed by atoms with Gasteiger partial charge in [0.05, 0.1) is 17.5 Å². The van der Waals surface area contributed by atoms with Gasteiger partial charge in [-0.3, -0.25) is 9.59 Å². The van der Waals surface area contributed by atoms with Crippen molar-refractivity contribution in [2.75, 3.05) is 19.7 Å². The van der Waals surface area contributed by atoms with Gasteiger partial charge in [-0.1, -0.05) is 18.5 Å². The number of amides is 1. The SMILES string of the molecule is CCCOc1ccc(C(=O)N2CCCC(C(=O)O)C2)cc1Cl. The van der Waals surface area contributed by atoms with E-state index < -0.39 is 11.9 Å². The van der Waals surface area contributed by atoms with Crippen LogP contribution in [-0.4, -0.2) is 41.6 Å². The fraction of sp³-hybridized carbons (Fsp3) is 0.500. The van der Waals surface area contributed by atoms with E-state index in [4.69, 9.17) is 21.4 Å². The van der Waals surface area contributed by atoms with Crippen LogP contribution in [0.1, 0.15) is 36.5 Å². The smallest absolute Gasteiger partial charge is 0.308 e. The molecule has 0 bridgehead atoms. The summed E-state index contributed by atoms with van der Waals surface area (Å²) >= 11 is 6.14. The third kappa shape index (κ3) is 3.91. The molecule has 0 aliphatic carbocycles. The summed E-state index contributed by atoms with van der Waals surface area (Å²) in [6.07, 6.45) is 2.19. The molecule has 5 nitrogen and oxygen atoms in total. The number of likely N-dealkylation sites (tertiary alicyclic amines) is 1. The lowest BCUT2D eigenvalue weighted by Crippen LogP contribution is -2.42. The maximum Gasteiger partial charge on any atom is 0.308 e. The summed E-state index contributed by atoms with van der Waals surface area (Å²) in [6, 6.07) is 4.94. The summed E-state index contributed by atoms with van der Waals surface area (Å²) in [6.45, 7) is 3.40. The second kappa shape index (κ2) is 7.49. The molecule has 0 saturated carbocycles. The number of carboxylic acid groups (broad SMARTS) is 1. The van der Waals surface area contributed by atoms with Gasteiger partial charge in [0.2, 0.25) is 0 Å². The highest BCUT2D eigenvalue weighted by Gasteiger charge is 2.28. The second-order valence-corrected chi connectivity index (χ2v) is 5.83. The number of piperidine rings is 1. The van der Waals surface area contributed by atoms with Crippen molar-refractivity contribution in [2.24, 2.45) is 5.92 Å². The Hall–Kier alpha value is -1.75. The van der Waals surface area contributed by atoms with Crippen LogP contribution in [-0.2, 0) is 4.79 Å². The minimum absolute atomic E-state index is 0.185. The molecule has 1 aliphatic rings. The summed E-state index contributed by atoms with van der Waals surface area (Å²) in [5.41, 5.74) is 0.458. The van der Waals surface area contributed by atoms with Gasteiger partial charge in [-0.25, -0.2) is 0 Å². The molecule has 1 fully saturated rings. The number of hydrogen-bond donors (Lipinski definition) is 1. The van der Waals surface area contributed by atoms with Gasteiger partial charge in [-0.2, -0.15) is 0 Å². The second-order valence-electron chi connectivity index (χ2n) is 5.42. The first-order valence-electron chi connectivity index (χ1n) is 7.47. The number of carboxylic acids is 1. The van der Waals surface area contributed by atoms with Crippen LogP contribution in [0, 0.1) is 5.92 Å². The van der Waals surface area contributed by atoms with Gasteiger partial charge in [0.15, 0.2) is 0 Å². The molecule has 1 heterocycles. The minimum atomic E-state index is -0.848. The van der Waals surface area contributed by atoms with Crippen LogP contribution in [0.5, 0.6) is 5.75 Å². The van der Waals surface area contributed by atoms with Crippen molar-refractivity contribution in [3.63, 3.8) is 0 Å². The lowest BCUT2D eigenvalue weighted by Gasteiger charge is -2.30. The maximum absolute atomic E-state index is 12.5. The Labute approximate surface area is 134 Å². The van der Waals surface area contributed by atoms with E-state index in [0.717, 1.165) is 6.42 Å². The van der Waals surface area contributed by atoms with Crippen LogP contribution in [0.3, 0.4) is 0 Å². The van der Waals surface area contributed by atoms with Crippen molar-refractivity contribution in [3.8, 4) is 5.75 Å². The first kappa shape index (κ1) is 16.6. The zero-order valence-electron chi connectivity index (χ0n) is 12.5. The monoisotopic (exact) mass is 325 g/mol. The molecule has 0 aromatic heterocycles. The quantitative estimate of drug-likeness (QED) is 0.903. The zero-order valence-corrected chi connectivity index (χ0v) is 13.3. The first-order valence-corrected chi connectivity index (χ1v) is 7.85. The largest absolute Gasteiger partial charge is 0.492 e. The van der Waals surface area contributed by atoms with E-state index in [-0.39, 0.29) is 12.5 Å². The van der Waals surface area contributed by atoms with E-state index in [9.17, 15) is 9.59 Å². The molecule has 120 valence electrons. The lowest BCUT2D eigenvalue weighted by atomic mass is 9.97. The molecule has 0 spiro atoms. The maximum atomic E-state index is 12.5. The summed E-state index contributed by atoms with van der Waals surface area (Å²) in [4.78, 5) is 25.1. The Morgan fingerprint density at radius 2 is 2.23 bits per heavy atom. The Morgan fingerprint density at radius 3 is 2.86 bits per heavy atom. The number of aliphatic carboxylic acids is 1. The molecule has 1 unspecified atom stereocenters. The molecule has 1 N–H and O–H groups in total. The van der Waals surface area contributed by atoms with Crippen molar-refractivity contribution in [3.05, 3.63) is 28.8 Å². The van der Waals surface area contributed by atoms with Crippen molar-refractivity contribution in [2.45, 2.75) is 26.2 Å². The number of ether oxygens (including phenoxy) is 1. The van der Waals surface area contributed by atoms with E-state index in [2.05, 4.69) is 0 Å². The van der Waals surface area contributed by atoms with Crippen LogP contribution in [0.4, 0.5) is 0 Å². The zero-order chi connectivity index (χ0) is 16.1. The molecule has 1 saturated heterocycles. The molecule has 1 aliphatic heterocycles. The normalized spacial score (nSPS) is 18.1. The fourth-order valence-electron chi connectivity index (χ4n) is 2.51. The van der Waals surface area contributed by atoms with Crippen LogP contribution >= 0.6 is 11.6 Å². The van der Waals surface area contributed by atoms with E-state index in [1.165, 1.54) is 0 Å². The molecule has 0 radical (unpaired) electrons. The Kier molecular flexibility index (Phi) is 5.66. The standard InChI is InChI=1S/C16H20ClNO4/c1-2-8-22-14-6-5-11(9-13(14)17)15(19)18-7-3-4-12(10-18)16(20)21/h5-6,9,12H,2-4,7-8,10H2,1H3,(H,20,21).